The summed E-state index contributed by atoms with van der Waals surface area (Å²) in [7, 11) is 1.51. The van der Waals surface area contributed by atoms with Gasteiger partial charge in [0.1, 0.15) is 17.2 Å². The van der Waals surface area contributed by atoms with Crippen LogP contribution in [0.15, 0.2) is 97.2 Å². The van der Waals surface area contributed by atoms with Crippen LogP contribution in [0.2, 0.25) is 0 Å². The number of anilines is 1. The predicted octanol–water partition coefficient (Wildman–Crippen LogP) is 5.41. The number of ketones is 2. The van der Waals surface area contributed by atoms with Crippen LogP contribution in [-0.2, 0) is 10.2 Å². The molecule has 0 saturated carbocycles. The van der Waals surface area contributed by atoms with E-state index in [-0.39, 0.29) is 24.3 Å². The lowest BCUT2D eigenvalue weighted by Gasteiger charge is -2.38. The summed E-state index contributed by atoms with van der Waals surface area (Å²) in [5.74, 6) is -0.668. The number of fused-ring (bicyclic) bond motifs is 7. The van der Waals surface area contributed by atoms with Gasteiger partial charge in [-0.15, -0.1) is 0 Å². The number of methoxy groups -OCH3 is 1. The summed E-state index contributed by atoms with van der Waals surface area (Å²) in [6.07, 6.45) is 3.79. The van der Waals surface area contributed by atoms with Crippen LogP contribution in [-0.4, -0.2) is 42.3 Å². The maximum absolute atomic E-state index is 15.0. The van der Waals surface area contributed by atoms with E-state index in [9.17, 15) is 9.59 Å². The summed E-state index contributed by atoms with van der Waals surface area (Å²) in [5, 5.41) is 3.07. The van der Waals surface area contributed by atoms with Crippen molar-refractivity contribution in [3.05, 3.63) is 125 Å². The van der Waals surface area contributed by atoms with Gasteiger partial charge in [-0.2, -0.15) is 0 Å². The maximum atomic E-state index is 15.0. The monoisotopic (exact) mass is 570 g/mol. The van der Waals surface area contributed by atoms with Gasteiger partial charge in [0.25, 0.3) is 0 Å². The van der Waals surface area contributed by atoms with Crippen LogP contribution in [0.4, 0.5) is 5.69 Å². The molecule has 0 bridgehead atoms. The summed E-state index contributed by atoms with van der Waals surface area (Å²) in [6.45, 7) is 0.0686. The molecular weight excluding hydrogens is 544 g/mol. The maximum Gasteiger partial charge on any atom is 0.238 e. The van der Waals surface area contributed by atoms with Crippen LogP contribution < -0.4 is 19.5 Å². The lowest BCUT2D eigenvalue weighted by molar-refractivity contribution is -0.122. The Hall–Kier alpha value is -5.37. The van der Waals surface area contributed by atoms with Gasteiger partial charge < -0.3 is 24.4 Å². The van der Waals surface area contributed by atoms with Crippen LogP contribution in [0.25, 0.3) is 6.08 Å². The zero-order chi connectivity index (χ0) is 29.3. The molecule has 0 unspecified atom stereocenters. The van der Waals surface area contributed by atoms with E-state index in [0.717, 1.165) is 11.1 Å². The molecule has 4 aromatic carbocycles. The number of benzene rings is 4. The fourth-order valence-corrected chi connectivity index (χ4v) is 7.40. The first kappa shape index (κ1) is 25.3. The zero-order valence-corrected chi connectivity index (χ0v) is 23.2. The molecule has 4 aromatic rings. The van der Waals surface area contributed by atoms with Gasteiger partial charge >= 0.3 is 0 Å². The van der Waals surface area contributed by atoms with Crippen molar-refractivity contribution in [2.45, 2.75) is 17.5 Å². The molecule has 4 aliphatic rings. The second kappa shape index (κ2) is 9.32. The smallest absolute Gasteiger partial charge is 0.238 e. The SMILES string of the molecule is COc1ccccc1C(=O)[C@@H]1[C@@H](C(=O)c2ccc3c(c2)OCO3)N2C=Cc3ccccc3[C@@H]2[C@]12C(=O)Nc1ccccc12. The summed E-state index contributed by atoms with van der Waals surface area (Å²) in [4.78, 5) is 46.3. The number of nitrogens with zero attached hydrogens (tertiary/aromatic N) is 1. The van der Waals surface area contributed by atoms with E-state index in [4.69, 9.17) is 14.2 Å². The van der Waals surface area contributed by atoms with Crippen molar-refractivity contribution in [1.29, 1.82) is 0 Å². The summed E-state index contributed by atoms with van der Waals surface area (Å²) in [6, 6.07) is 25.6. The molecule has 4 heterocycles. The van der Waals surface area contributed by atoms with E-state index in [1.54, 1.807) is 42.5 Å². The first-order valence-corrected chi connectivity index (χ1v) is 14.1. The molecule has 0 aromatic heterocycles. The fraction of sp³-hybridized carbons (Fsp3) is 0.171. The van der Waals surface area contributed by atoms with Crippen molar-refractivity contribution in [2.75, 3.05) is 19.2 Å². The van der Waals surface area contributed by atoms with Gasteiger partial charge in [0.2, 0.25) is 12.7 Å². The van der Waals surface area contributed by atoms with Gasteiger partial charge in [-0.05, 0) is 59.2 Å². The Bertz CT molecular complexity index is 1880. The molecule has 4 atom stereocenters. The quantitative estimate of drug-likeness (QED) is 0.321. The highest BCUT2D eigenvalue weighted by molar-refractivity contribution is 6.17. The number of carbonyl (C=O) groups excluding carboxylic acids is 3. The normalized spacial score (nSPS) is 23.9. The molecule has 1 fully saturated rings. The first-order valence-electron chi connectivity index (χ1n) is 14.1. The molecule has 8 nitrogen and oxygen atoms in total. The van der Waals surface area contributed by atoms with E-state index < -0.39 is 23.4 Å². The highest BCUT2D eigenvalue weighted by atomic mass is 16.7. The van der Waals surface area contributed by atoms with E-state index >= 15 is 4.79 Å². The third-order valence-electron chi connectivity index (χ3n) is 9.15. The summed E-state index contributed by atoms with van der Waals surface area (Å²) in [5.41, 5.74) is 2.37. The molecule has 1 saturated heterocycles. The molecule has 8 heteroatoms. The lowest BCUT2D eigenvalue weighted by atomic mass is 9.62. The molecule has 1 N–H and O–H groups in total. The predicted molar refractivity (Wildman–Crippen MR) is 158 cm³/mol. The molecule has 212 valence electrons. The molecule has 1 amide bonds. The standard InChI is InChI=1S/C35H26N2O6/c1-41-26-13-7-4-10-23(26)32(39)29-30(31(38)21-14-15-27-28(18-21)43-19-42-27)37-17-16-20-8-2-3-9-22(20)33(37)35(29)24-11-5-6-12-25(24)36-34(35)40/h2-18,29-30,33H,19H2,1H3,(H,36,40)/t29-,30-,33+,35+/m0/s1. The minimum Gasteiger partial charge on any atom is -0.496 e. The van der Waals surface area contributed by atoms with Crippen molar-refractivity contribution in [3.8, 4) is 17.2 Å². The number of ether oxygens (including phenoxy) is 3. The summed E-state index contributed by atoms with van der Waals surface area (Å²) >= 11 is 0. The van der Waals surface area contributed by atoms with Crippen molar-refractivity contribution in [2.24, 2.45) is 5.92 Å². The van der Waals surface area contributed by atoms with Crippen LogP contribution in [0.3, 0.4) is 0 Å². The third-order valence-corrected chi connectivity index (χ3v) is 9.15. The Kier molecular flexibility index (Phi) is 5.50. The van der Waals surface area contributed by atoms with E-state index in [1.165, 1.54) is 7.11 Å². The van der Waals surface area contributed by atoms with Gasteiger partial charge in [0.15, 0.2) is 23.1 Å². The van der Waals surface area contributed by atoms with Crippen molar-refractivity contribution in [1.82, 2.24) is 4.90 Å². The molecule has 0 radical (unpaired) electrons. The van der Waals surface area contributed by atoms with Gasteiger partial charge in [-0.25, -0.2) is 0 Å². The Morgan fingerprint density at radius 1 is 0.907 bits per heavy atom. The van der Waals surface area contributed by atoms with Gasteiger partial charge in [0.05, 0.1) is 24.6 Å². The Balaban J connectivity index is 1.42. The van der Waals surface area contributed by atoms with Crippen molar-refractivity contribution in [3.63, 3.8) is 0 Å². The molecule has 0 aliphatic carbocycles. The summed E-state index contributed by atoms with van der Waals surface area (Å²) < 4.78 is 16.7. The number of nitrogens with one attached hydrogen (secondary N) is 1. The van der Waals surface area contributed by atoms with Gasteiger partial charge in [-0.1, -0.05) is 54.6 Å². The van der Waals surface area contributed by atoms with E-state index in [0.29, 0.717) is 39.6 Å². The lowest BCUT2D eigenvalue weighted by Crippen LogP contribution is -2.49. The average Bonchev–Trinajstić information content (AvgIpc) is 3.73. The van der Waals surface area contributed by atoms with E-state index in [1.807, 2.05) is 65.7 Å². The molecule has 43 heavy (non-hydrogen) atoms. The average molecular weight is 571 g/mol. The van der Waals surface area contributed by atoms with Crippen LogP contribution >= 0.6 is 0 Å². The Morgan fingerprint density at radius 2 is 1.67 bits per heavy atom. The van der Waals surface area contributed by atoms with Crippen LogP contribution in [0.1, 0.15) is 43.4 Å². The number of rotatable bonds is 5. The second-order valence-corrected chi connectivity index (χ2v) is 11.1. The second-order valence-electron chi connectivity index (χ2n) is 11.1. The van der Waals surface area contributed by atoms with Gasteiger partial charge in [-0.3, -0.25) is 14.4 Å². The topological polar surface area (TPSA) is 94.2 Å². The van der Waals surface area contributed by atoms with Crippen LogP contribution in [0.5, 0.6) is 17.2 Å². The minimum absolute atomic E-state index is 0.0686. The Morgan fingerprint density at radius 3 is 2.56 bits per heavy atom. The zero-order valence-electron chi connectivity index (χ0n) is 23.2. The highest BCUT2D eigenvalue weighted by Crippen LogP contribution is 2.62. The van der Waals surface area contributed by atoms with Crippen LogP contribution in [0, 0.1) is 5.92 Å². The fourth-order valence-electron chi connectivity index (χ4n) is 7.40. The highest BCUT2D eigenvalue weighted by Gasteiger charge is 2.71. The number of hydrogen-bond acceptors (Lipinski definition) is 7. The largest absolute Gasteiger partial charge is 0.496 e. The molecule has 8 rings (SSSR count). The molecule has 4 aliphatic heterocycles. The van der Waals surface area contributed by atoms with Crippen molar-refractivity contribution >= 4 is 29.2 Å². The molecular formula is C35H26N2O6. The molecule has 1 spiro atoms. The third kappa shape index (κ3) is 3.40. The minimum atomic E-state index is -1.42. The first-order chi connectivity index (χ1) is 21.0. The number of Topliss-reactive ketones (excluding diaryl/α,β-unsaturated/α-hetero) is 2. The number of amides is 1. The number of para-hydroxylation sites is 2. The van der Waals surface area contributed by atoms with Crippen molar-refractivity contribution < 1.29 is 28.6 Å². The number of carbonyl (C=O) groups is 3. The van der Waals surface area contributed by atoms with Gasteiger partial charge in [0, 0.05) is 17.5 Å². The Labute approximate surface area is 247 Å². The van der Waals surface area contributed by atoms with E-state index in [2.05, 4.69) is 5.32 Å². The number of hydrogen-bond donors (Lipinski definition) is 1.